The average molecular weight is 522 g/mol. The summed E-state index contributed by atoms with van der Waals surface area (Å²) >= 11 is 0. The summed E-state index contributed by atoms with van der Waals surface area (Å²) in [5.74, 6) is -1.65. The van der Waals surface area contributed by atoms with E-state index in [-0.39, 0.29) is 36.0 Å². The van der Waals surface area contributed by atoms with Gasteiger partial charge < -0.3 is 36.8 Å². The highest BCUT2D eigenvalue weighted by atomic mass is 16.5. The third-order valence-electron chi connectivity index (χ3n) is 5.72. The molecule has 13 heteroatoms. The number of carboxylic acid groups (broad SMARTS) is 1. The maximum atomic E-state index is 12.6. The summed E-state index contributed by atoms with van der Waals surface area (Å²) in [6.07, 6.45) is -0.304. The van der Waals surface area contributed by atoms with Crippen molar-refractivity contribution in [2.45, 2.75) is 24.9 Å². The number of nitrogens with two attached hydrogens (primary N) is 1. The number of esters is 1. The van der Waals surface area contributed by atoms with Gasteiger partial charge in [0.25, 0.3) is 11.5 Å². The van der Waals surface area contributed by atoms with Crippen LogP contribution in [0.3, 0.4) is 0 Å². The van der Waals surface area contributed by atoms with E-state index in [1.807, 2.05) is 0 Å². The molecule has 0 spiro atoms. The third-order valence-corrected chi connectivity index (χ3v) is 5.72. The molecule has 0 radical (unpaired) electrons. The summed E-state index contributed by atoms with van der Waals surface area (Å²) < 4.78 is 5.16. The molecule has 1 aliphatic heterocycles. The molecule has 0 aliphatic carbocycles. The van der Waals surface area contributed by atoms with Gasteiger partial charge in [-0.05, 0) is 42.8 Å². The summed E-state index contributed by atoms with van der Waals surface area (Å²) in [6, 6.07) is 13.5. The van der Waals surface area contributed by atoms with Crippen molar-refractivity contribution in [2.75, 3.05) is 34.8 Å². The highest BCUT2D eigenvalue weighted by Crippen LogP contribution is 2.20. The van der Waals surface area contributed by atoms with Crippen molar-refractivity contribution in [3.8, 4) is 5.75 Å². The number of rotatable bonds is 10. The summed E-state index contributed by atoms with van der Waals surface area (Å²) in [4.78, 5) is 54.8. The number of nitrogens with one attached hydrogen (secondary N) is 5. The number of hydrogen-bond acceptors (Lipinski definition) is 10. The predicted molar refractivity (Wildman–Crippen MR) is 140 cm³/mol. The Hall–Kier alpha value is -5.07. The van der Waals surface area contributed by atoms with Crippen molar-refractivity contribution in [2.24, 2.45) is 0 Å². The Balaban J connectivity index is 1.26. The predicted octanol–water partition coefficient (Wildman–Crippen LogP) is 1.24. The Morgan fingerprint density at radius 2 is 1.87 bits per heavy atom. The van der Waals surface area contributed by atoms with Gasteiger partial charge in [-0.15, -0.1) is 0 Å². The number of aromatic amines is 1. The first kappa shape index (κ1) is 26.0. The lowest BCUT2D eigenvalue weighted by molar-refractivity contribution is -0.140. The van der Waals surface area contributed by atoms with Gasteiger partial charge >= 0.3 is 11.9 Å². The first-order valence-corrected chi connectivity index (χ1v) is 11.8. The molecule has 0 fully saturated rings. The number of benzene rings is 2. The first-order valence-electron chi connectivity index (χ1n) is 11.8. The van der Waals surface area contributed by atoms with Gasteiger partial charge in [-0.25, -0.2) is 4.79 Å². The standard InChI is InChI=1S/C25H27N7O6/c26-25-31-21-20(23(35)32-25)29-16(13-28-21)12-27-15-8-6-14(7-9-15)22(34)30-18(24(36)37)10-11-19(33)38-17-4-2-1-3-5-17/h1-9,16,18,27,29H,10-13H2,(H,30,34)(H,36,37)(H4,26,28,31,32,35)/t16?,18-/m0/s1. The van der Waals surface area contributed by atoms with Crippen LogP contribution >= 0.6 is 0 Å². The van der Waals surface area contributed by atoms with Crippen LogP contribution in [0.4, 0.5) is 23.1 Å². The lowest BCUT2D eigenvalue weighted by Gasteiger charge is -2.27. The minimum Gasteiger partial charge on any atom is -0.480 e. The van der Waals surface area contributed by atoms with Crippen LogP contribution in [0.5, 0.6) is 5.75 Å². The zero-order chi connectivity index (χ0) is 27.1. The zero-order valence-electron chi connectivity index (χ0n) is 20.2. The number of hydrogen-bond donors (Lipinski definition) is 7. The number of aromatic nitrogens is 2. The van der Waals surface area contributed by atoms with E-state index >= 15 is 0 Å². The molecule has 2 atom stereocenters. The molecule has 0 saturated heterocycles. The molecule has 13 nitrogen and oxygen atoms in total. The molecule has 4 rings (SSSR count). The summed E-state index contributed by atoms with van der Waals surface area (Å²) in [5, 5.41) is 21.3. The molecule has 0 bridgehead atoms. The number of amides is 1. The number of carbonyl (C=O) groups excluding carboxylic acids is 2. The van der Waals surface area contributed by atoms with Crippen molar-refractivity contribution in [3.63, 3.8) is 0 Å². The molecular formula is C25H27N7O6. The van der Waals surface area contributed by atoms with Crippen LogP contribution in [0.15, 0.2) is 59.4 Å². The van der Waals surface area contributed by atoms with Crippen LogP contribution in [0, 0.1) is 0 Å². The Labute approximate surface area is 216 Å². The lowest BCUT2D eigenvalue weighted by Crippen LogP contribution is -2.41. The number of H-pyrrole nitrogens is 1. The maximum absolute atomic E-state index is 12.6. The van der Waals surface area contributed by atoms with Crippen LogP contribution in [0.2, 0.25) is 0 Å². The van der Waals surface area contributed by atoms with E-state index in [1.54, 1.807) is 54.6 Å². The van der Waals surface area contributed by atoms with E-state index in [1.165, 1.54) is 0 Å². The molecule has 38 heavy (non-hydrogen) atoms. The van der Waals surface area contributed by atoms with Gasteiger partial charge in [0.2, 0.25) is 5.95 Å². The van der Waals surface area contributed by atoms with Crippen molar-refractivity contribution in [1.82, 2.24) is 15.3 Å². The number of aliphatic carboxylic acids is 1. The Morgan fingerprint density at radius 3 is 2.58 bits per heavy atom. The van der Waals surface area contributed by atoms with Crippen LogP contribution in [-0.4, -0.2) is 58.1 Å². The fourth-order valence-corrected chi connectivity index (χ4v) is 3.76. The molecule has 1 amide bonds. The second-order valence-corrected chi connectivity index (χ2v) is 8.55. The molecule has 2 aromatic carbocycles. The van der Waals surface area contributed by atoms with E-state index in [2.05, 4.69) is 31.2 Å². The maximum Gasteiger partial charge on any atom is 0.326 e. The first-order chi connectivity index (χ1) is 18.3. The van der Waals surface area contributed by atoms with E-state index < -0.39 is 23.9 Å². The molecule has 3 aromatic rings. The number of nitrogen functional groups attached to an aromatic ring is 1. The minimum absolute atomic E-state index is 0.0315. The fraction of sp³-hybridized carbons (Fsp3) is 0.240. The lowest BCUT2D eigenvalue weighted by atomic mass is 10.1. The molecule has 1 aromatic heterocycles. The Kier molecular flexibility index (Phi) is 8.06. The van der Waals surface area contributed by atoms with Crippen LogP contribution < -0.4 is 37.3 Å². The largest absolute Gasteiger partial charge is 0.480 e. The number of nitrogens with zero attached hydrogens (tertiary/aromatic N) is 1. The minimum atomic E-state index is -1.26. The molecule has 8 N–H and O–H groups in total. The fourth-order valence-electron chi connectivity index (χ4n) is 3.76. The summed E-state index contributed by atoms with van der Waals surface area (Å²) in [6.45, 7) is 0.966. The number of carboxylic acids is 1. The quantitative estimate of drug-likeness (QED) is 0.149. The van der Waals surface area contributed by atoms with Crippen molar-refractivity contribution in [1.29, 1.82) is 0 Å². The van der Waals surface area contributed by atoms with Gasteiger partial charge in [-0.2, -0.15) is 4.98 Å². The van der Waals surface area contributed by atoms with E-state index in [9.17, 15) is 24.3 Å². The topological polar surface area (TPSA) is 201 Å². The van der Waals surface area contributed by atoms with E-state index in [0.29, 0.717) is 30.3 Å². The number of carbonyl (C=O) groups is 3. The van der Waals surface area contributed by atoms with E-state index in [0.717, 1.165) is 5.69 Å². The van der Waals surface area contributed by atoms with Gasteiger partial charge in [-0.3, -0.25) is 19.4 Å². The Bertz CT molecular complexity index is 1360. The summed E-state index contributed by atoms with van der Waals surface area (Å²) in [7, 11) is 0. The van der Waals surface area contributed by atoms with Crippen molar-refractivity contribution in [3.05, 3.63) is 70.5 Å². The average Bonchev–Trinajstić information content (AvgIpc) is 2.90. The smallest absolute Gasteiger partial charge is 0.326 e. The monoisotopic (exact) mass is 521 g/mol. The van der Waals surface area contributed by atoms with Crippen LogP contribution in [0.25, 0.3) is 0 Å². The van der Waals surface area contributed by atoms with Gasteiger partial charge in [0.15, 0.2) is 5.82 Å². The number of ether oxygens (including phenoxy) is 1. The van der Waals surface area contributed by atoms with Gasteiger partial charge in [0, 0.05) is 30.8 Å². The second kappa shape index (κ2) is 11.8. The SMILES string of the molecule is Nc1nc2c(c(=O)[nH]1)NC(CNc1ccc(C(=O)N[C@@H](CCC(=O)Oc3ccccc3)C(=O)O)cc1)CN2. The molecule has 2 heterocycles. The number of anilines is 4. The summed E-state index contributed by atoms with van der Waals surface area (Å²) in [5.41, 5.74) is 6.48. The normalized spacial score (nSPS) is 14.7. The molecule has 1 aliphatic rings. The van der Waals surface area contributed by atoms with E-state index in [4.69, 9.17) is 10.5 Å². The van der Waals surface area contributed by atoms with Gasteiger partial charge in [-0.1, -0.05) is 18.2 Å². The molecular weight excluding hydrogens is 494 g/mol. The van der Waals surface area contributed by atoms with Crippen LogP contribution in [0.1, 0.15) is 23.2 Å². The molecule has 198 valence electrons. The number of fused-ring (bicyclic) bond motifs is 1. The second-order valence-electron chi connectivity index (χ2n) is 8.55. The molecule has 0 saturated carbocycles. The molecule has 1 unspecified atom stereocenters. The Morgan fingerprint density at radius 1 is 1.13 bits per heavy atom. The zero-order valence-corrected chi connectivity index (χ0v) is 20.2. The third kappa shape index (κ3) is 6.78. The van der Waals surface area contributed by atoms with Crippen molar-refractivity contribution < 1.29 is 24.2 Å². The highest BCUT2D eigenvalue weighted by molar-refractivity contribution is 5.97. The van der Waals surface area contributed by atoms with Gasteiger partial charge in [0.05, 0.1) is 6.04 Å². The number of para-hydroxylation sites is 1. The van der Waals surface area contributed by atoms with Crippen molar-refractivity contribution >= 4 is 41.0 Å². The highest BCUT2D eigenvalue weighted by Gasteiger charge is 2.23. The van der Waals surface area contributed by atoms with Crippen LogP contribution in [-0.2, 0) is 9.59 Å². The van der Waals surface area contributed by atoms with Gasteiger partial charge in [0.1, 0.15) is 17.5 Å².